The van der Waals surface area contributed by atoms with Crippen molar-refractivity contribution in [3.8, 4) is 0 Å². The molecule has 1 aromatic carbocycles. The van der Waals surface area contributed by atoms with Crippen LogP contribution in [-0.4, -0.2) is 19.0 Å². The van der Waals surface area contributed by atoms with Crippen LogP contribution in [0.25, 0.3) is 0 Å². The lowest BCUT2D eigenvalue weighted by atomic mass is 9.96. The summed E-state index contributed by atoms with van der Waals surface area (Å²) in [6, 6.07) is 7.60. The highest BCUT2D eigenvalue weighted by molar-refractivity contribution is 6.30. The molecule has 18 heavy (non-hydrogen) atoms. The number of hydrogen-bond acceptors (Lipinski definition) is 2. The van der Waals surface area contributed by atoms with Gasteiger partial charge < -0.3 is 10.6 Å². The lowest BCUT2D eigenvalue weighted by Crippen LogP contribution is -2.35. The molecule has 3 atom stereocenters. The maximum absolute atomic E-state index is 12.1. The predicted molar refractivity (Wildman–Crippen MR) is 73.5 cm³/mol. The van der Waals surface area contributed by atoms with Gasteiger partial charge in [-0.1, -0.05) is 30.7 Å². The molecular weight excluding hydrogens is 248 g/mol. The second-order valence-electron chi connectivity index (χ2n) is 5.03. The first-order valence-electron chi connectivity index (χ1n) is 6.34. The van der Waals surface area contributed by atoms with E-state index in [4.69, 9.17) is 11.6 Å². The Morgan fingerprint density at radius 3 is 2.89 bits per heavy atom. The van der Waals surface area contributed by atoms with Gasteiger partial charge in [-0.15, -0.1) is 0 Å². The van der Waals surface area contributed by atoms with Gasteiger partial charge in [-0.25, -0.2) is 0 Å². The van der Waals surface area contributed by atoms with Gasteiger partial charge in [0, 0.05) is 11.6 Å². The number of amides is 1. The average Bonchev–Trinajstić information content (AvgIpc) is 2.75. The van der Waals surface area contributed by atoms with Crippen molar-refractivity contribution >= 4 is 17.5 Å². The Hall–Kier alpha value is -1.06. The summed E-state index contributed by atoms with van der Waals surface area (Å²) >= 11 is 5.95. The van der Waals surface area contributed by atoms with Gasteiger partial charge in [-0.05, 0) is 37.1 Å². The molecule has 1 amide bonds. The Balaban J connectivity index is 1.98. The zero-order valence-electron chi connectivity index (χ0n) is 10.7. The number of hydrogen-bond donors (Lipinski definition) is 2. The molecule has 98 valence electrons. The smallest absolute Gasteiger partial charge is 0.225 e. The molecular formula is C14H19ClN2O. The van der Waals surface area contributed by atoms with Crippen LogP contribution in [-0.2, 0) is 4.79 Å². The van der Waals surface area contributed by atoms with Crippen molar-refractivity contribution < 1.29 is 4.79 Å². The normalized spacial score (nSPS) is 24.8. The monoisotopic (exact) mass is 266 g/mol. The molecule has 1 saturated heterocycles. The highest BCUT2D eigenvalue weighted by Crippen LogP contribution is 2.20. The standard InChI is InChI=1S/C14H19ClN2O/c1-9-7-16-8-13(9)14(18)17-10(2)11-4-3-5-12(15)6-11/h3-6,9-10,13,16H,7-8H2,1-2H3,(H,17,18)/t9?,10-,13?/m1/s1. The van der Waals surface area contributed by atoms with Crippen LogP contribution in [0.2, 0.25) is 5.02 Å². The summed E-state index contributed by atoms with van der Waals surface area (Å²) in [5.74, 6) is 0.600. The van der Waals surface area contributed by atoms with Gasteiger partial charge in [0.15, 0.2) is 0 Å². The Kier molecular flexibility index (Phi) is 4.25. The number of benzene rings is 1. The molecule has 2 rings (SSSR count). The fourth-order valence-corrected chi connectivity index (χ4v) is 2.54. The topological polar surface area (TPSA) is 41.1 Å². The van der Waals surface area contributed by atoms with E-state index in [1.54, 1.807) is 0 Å². The minimum absolute atomic E-state index is 0.0102. The van der Waals surface area contributed by atoms with Crippen molar-refractivity contribution in [2.45, 2.75) is 19.9 Å². The third-order valence-electron chi connectivity index (χ3n) is 3.56. The molecule has 0 bridgehead atoms. The molecule has 2 N–H and O–H groups in total. The zero-order chi connectivity index (χ0) is 13.1. The first kappa shape index (κ1) is 13.4. The highest BCUT2D eigenvalue weighted by Gasteiger charge is 2.30. The van der Waals surface area contributed by atoms with Gasteiger partial charge in [-0.2, -0.15) is 0 Å². The quantitative estimate of drug-likeness (QED) is 0.882. The number of halogens is 1. The lowest BCUT2D eigenvalue weighted by Gasteiger charge is -2.19. The average molecular weight is 267 g/mol. The van der Waals surface area contributed by atoms with Crippen LogP contribution in [0.1, 0.15) is 25.5 Å². The molecule has 1 heterocycles. The van der Waals surface area contributed by atoms with Crippen molar-refractivity contribution in [3.63, 3.8) is 0 Å². The lowest BCUT2D eigenvalue weighted by molar-refractivity contribution is -0.126. The molecule has 0 aromatic heterocycles. The van der Waals surface area contributed by atoms with E-state index in [9.17, 15) is 4.79 Å². The second kappa shape index (κ2) is 5.72. The van der Waals surface area contributed by atoms with Gasteiger partial charge in [0.25, 0.3) is 0 Å². The van der Waals surface area contributed by atoms with Crippen LogP contribution in [0.4, 0.5) is 0 Å². The van der Waals surface area contributed by atoms with Crippen molar-refractivity contribution in [1.82, 2.24) is 10.6 Å². The van der Waals surface area contributed by atoms with Crippen molar-refractivity contribution in [3.05, 3.63) is 34.9 Å². The van der Waals surface area contributed by atoms with Crippen LogP contribution in [0.3, 0.4) is 0 Å². The molecule has 0 radical (unpaired) electrons. The van der Waals surface area contributed by atoms with E-state index < -0.39 is 0 Å². The minimum atomic E-state index is -0.0102. The largest absolute Gasteiger partial charge is 0.349 e. The third-order valence-corrected chi connectivity index (χ3v) is 3.80. The predicted octanol–water partition coefficient (Wildman–Crippen LogP) is 2.37. The van der Waals surface area contributed by atoms with E-state index in [0.29, 0.717) is 10.9 Å². The Morgan fingerprint density at radius 1 is 1.50 bits per heavy atom. The van der Waals surface area contributed by atoms with E-state index in [-0.39, 0.29) is 17.9 Å². The molecule has 0 saturated carbocycles. The van der Waals surface area contributed by atoms with Gasteiger partial charge in [0.05, 0.1) is 12.0 Å². The third kappa shape index (κ3) is 3.03. The van der Waals surface area contributed by atoms with E-state index in [0.717, 1.165) is 18.7 Å². The molecule has 3 nitrogen and oxygen atoms in total. The summed E-state index contributed by atoms with van der Waals surface area (Å²) in [4.78, 5) is 12.1. The van der Waals surface area contributed by atoms with Crippen LogP contribution >= 0.6 is 11.6 Å². The maximum Gasteiger partial charge on any atom is 0.225 e. The van der Waals surface area contributed by atoms with Crippen molar-refractivity contribution in [2.75, 3.05) is 13.1 Å². The van der Waals surface area contributed by atoms with Gasteiger partial charge in [-0.3, -0.25) is 4.79 Å². The second-order valence-corrected chi connectivity index (χ2v) is 5.46. The van der Waals surface area contributed by atoms with Crippen molar-refractivity contribution in [1.29, 1.82) is 0 Å². The zero-order valence-corrected chi connectivity index (χ0v) is 11.5. The van der Waals surface area contributed by atoms with E-state index in [1.165, 1.54) is 0 Å². The van der Waals surface area contributed by atoms with Crippen LogP contribution in [0.15, 0.2) is 24.3 Å². The summed E-state index contributed by atoms with van der Waals surface area (Å²) in [5, 5.41) is 7.00. The fraction of sp³-hybridized carbons (Fsp3) is 0.500. The van der Waals surface area contributed by atoms with Crippen LogP contribution in [0, 0.1) is 11.8 Å². The number of nitrogens with one attached hydrogen (secondary N) is 2. The van der Waals surface area contributed by atoms with E-state index in [2.05, 4.69) is 17.6 Å². The van der Waals surface area contributed by atoms with Gasteiger partial charge in [0.1, 0.15) is 0 Å². The Bertz CT molecular complexity index is 436. The molecule has 1 fully saturated rings. The molecule has 1 aliphatic heterocycles. The first-order valence-corrected chi connectivity index (χ1v) is 6.72. The van der Waals surface area contributed by atoms with E-state index >= 15 is 0 Å². The Morgan fingerprint density at radius 2 is 2.28 bits per heavy atom. The van der Waals surface area contributed by atoms with Crippen LogP contribution < -0.4 is 10.6 Å². The molecule has 0 aliphatic carbocycles. The summed E-state index contributed by atoms with van der Waals surface area (Å²) in [6.45, 7) is 5.78. The molecule has 4 heteroatoms. The number of carbonyl (C=O) groups is 1. The number of rotatable bonds is 3. The summed E-state index contributed by atoms with van der Waals surface area (Å²) in [6.07, 6.45) is 0. The summed E-state index contributed by atoms with van der Waals surface area (Å²) < 4.78 is 0. The van der Waals surface area contributed by atoms with Gasteiger partial charge >= 0.3 is 0 Å². The number of carbonyl (C=O) groups excluding carboxylic acids is 1. The summed E-state index contributed by atoms with van der Waals surface area (Å²) in [7, 11) is 0. The maximum atomic E-state index is 12.1. The summed E-state index contributed by atoms with van der Waals surface area (Å²) in [5.41, 5.74) is 1.04. The molecule has 1 aromatic rings. The fourth-order valence-electron chi connectivity index (χ4n) is 2.34. The highest BCUT2D eigenvalue weighted by atomic mass is 35.5. The van der Waals surface area contributed by atoms with Crippen LogP contribution in [0.5, 0.6) is 0 Å². The van der Waals surface area contributed by atoms with Gasteiger partial charge in [0.2, 0.25) is 5.91 Å². The SMILES string of the molecule is CC1CNCC1C(=O)N[C@H](C)c1cccc(Cl)c1. The molecule has 0 spiro atoms. The first-order chi connectivity index (χ1) is 8.58. The van der Waals surface area contributed by atoms with Crippen molar-refractivity contribution in [2.24, 2.45) is 11.8 Å². The Labute approximate surface area is 113 Å². The molecule has 1 aliphatic rings. The minimum Gasteiger partial charge on any atom is -0.349 e. The van der Waals surface area contributed by atoms with E-state index in [1.807, 2.05) is 31.2 Å². The molecule has 2 unspecified atom stereocenters.